The summed E-state index contributed by atoms with van der Waals surface area (Å²) in [5.74, 6) is 0. The Morgan fingerprint density at radius 2 is 1.77 bits per heavy atom. The molecular formula is C28H36N2. The fourth-order valence-corrected chi connectivity index (χ4v) is 4.93. The van der Waals surface area contributed by atoms with Crippen LogP contribution >= 0.6 is 0 Å². The van der Waals surface area contributed by atoms with Gasteiger partial charge < -0.3 is 0 Å². The van der Waals surface area contributed by atoms with Crippen molar-refractivity contribution in [3.63, 3.8) is 0 Å². The van der Waals surface area contributed by atoms with E-state index in [9.17, 15) is 5.26 Å². The second-order valence-corrected chi connectivity index (χ2v) is 8.71. The molecule has 1 unspecified atom stereocenters. The lowest BCUT2D eigenvalue weighted by molar-refractivity contribution is 0.536. The van der Waals surface area contributed by atoms with Gasteiger partial charge in [0.15, 0.2) is 0 Å². The lowest BCUT2D eigenvalue weighted by Gasteiger charge is -2.24. The number of hydrogen-bond acceptors (Lipinski definition) is 2. The maximum atomic E-state index is 10.2. The standard InChI is InChI=1S/C28H36N2/c1-4-7-10-16-23-25(17-11-8-5-2)30-27-24(18-20-28(27,21-29)19-6-3)26(23)22-14-12-9-13-15-22/h6,9,12-15H,3-5,7-8,10-11,16-20H2,1-2H3. The maximum Gasteiger partial charge on any atom is 0.103 e. The Balaban J connectivity index is 2.21. The molecule has 0 spiro atoms. The number of aromatic nitrogens is 1. The summed E-state index contributed by atoms with van der Waals surface area (Å²) in [5, 5.41) is 10.2. The Morgan fingerprint density at radius 1 is 1.07 bits per heavy atom. The van der Waals surface area contributed by atoms with E-state index in [-0.39, 0.29) is 0 Å². The van der Waals surface area contributed by atoms with Gasteiger partial charge in [0.05, 0.1) is 11.8 Å². The number of unbranched alkanes of at least 4 members (excludes halogenated alkanes) is 4. The van der Waals surface area contributed by atoms with Gasteiger partial charge in [-0.1, -0.05) is 75.9 Å². The van der Waals surface area contributed by atoms with E-state index >= 15 is 0 Å². The minimum atomic E-state index is -0.512. The minimum absolute atomic E-state index is 0.512. The SMILES string of the molecule is C=CCC1(C#N)CCc2c1nc(CCCCC)c(CCCCC)c2-c1ccccc1. The van der Waals surface area contributed by atoms with Gasteiger partial charge in [0, 0.05) is 5.69 Å². The van der Waals surface area contributed by atoms with E-state index in [1.165, 1.54) is 60.1 Å². The van der Waals surface area contributed by atoms with Crippen molar-refractivity contribution in [3.05, 3.63) is 65.5 Å². The fraction of sp³-hybridized carbons (Fsp3) is 0.500. The molecule has 0 fully saturated rings. The quantitative estimate of drug-likeness (QED) is 0.289. The van der Waals surface area contributed by atoms with Crippen molar-refractivity contribution < 1.29 is 0 Å². The third kappa shape index (κ3) is 4.51. The van der Waals surface area contributed by atoms with Crippen LogP contribution in [-0.2, 0) is 24.7 Å². The molecule has 0 N–H and O–H groups in total. The Morgan fingerprint density at radius 3 is 2.40 bits per heavy atom. The van der Waals surface area contributed by atoms with Crippen LogP contribution in [0.2, 0.25) is 0 Å². The summed E-state index contributed by atoms with van der Waals surface area (Å²) in [4.78, 5) is 5.26. The number of benzene rings is 1. The van der Waals surface area contributed by atoms with Crippen LogP contribution in [0.15, 0.2) is 43.0 Å². The van der Waals surface area contributed by atoms with Crippen molar-refractivity contribution >= 4 is 0 Å². The first-order chi connectivity index (χ1) is 14.7. The smallest absolute Gasteiger partial charge is 0.103 e. The molecule has 1 aliphatic carbocycles. The number of nitrogens with zero attached hydrogens (tertiary/aromatic N) is 2. The molecule has 1 aliphatic rings. The van der Waals surface area contributed by atoms with Gasteiger partial charge in [0.25, 0.3) is 0 Å². The van der Waals surface area contributed by atoms with Crippen LogP contribution in [0.4, 0.5) is 0 Å². The molecule has 158 valence electrons. The minimum Gasteiger partial charge on any atom is -0.256 e. The Hall–Kier alpha value is -2.40. The number of allylic oxidation sites excluding steroid dienone is 1. The van der Waals surface area contributed by atoms with Gasteiger partial charge in [0.2, 0.25) is 0 Å². The summed E-state index contributed by atoms with van der Waals surface area (Å²) in [6.45, 7) is 8.45. The first kappa shape index (κ1) is 22.3. The summed E-state index contributed by atoms with van der Waals surface area (Å²) in [6.07, 6.45) is 13.7. The van der Waals surface area contributed by atoms with E-state index < -0.39 is 5.41 Å². The molecule has 0 aliphatic heterocycles. The molecule has 2 nitrogen and oxygen atoms in total. The molecule has 0 radical (unpaired) electrons. The van der Waals surface area contributed by atoms with E-state index in [4.69, 9.17) is 4.98 Å². The fourth-order valence-electron chi connectivity index (χ4n) is 4.93. The number of rotatable bonds is 11. The molecule has 30 heavy (non-hydrogen) atoms. The number of fused-ring (bicyclic) bond motifs is 1. The van der Waals surface area contributed by atoms with Crippen molar-refractivity contribution in [2.24, 2.45) is 0 Å². The van der Waals surface area contributed by atoms with Crippen molar-refractivity contribution in [1.29, 1.82) is 5.26 Å². The van der Waals surface area contributed by atoms with E-state index in [0.717, 1.165) is 37.8 Å². The van der Waals surface area contributed by atoms with Crippen molar-refractivity contribution in [2.75, 3.05) is 0 Å². The van der Waals surface area contributed by atoms with Gasteiger partial charge in [-0.3, -0.25) is 4.98 Å². The Bertz CT molecular complexity index is 891. The third-order valence-electron chi connectivity index (χ3n) is 6.56. The highest BCUT2D eigenvalue weighted by Crippen LogP contribution is 2.46. The zero-order valence-corrected chi connectivity index (χ0v) is 18.8. The van der Waals surface area contributed by atoms with Crippen LogP contribution in [0.1, 0.15) is 87.7 Å². The molecule has 0 saturated heterocycles. The highest BCUT2D eigenvalue weighted by atomic mass is 14.8. The molecule has 0 amide bonds. The zero-order chi connectivity index (χ0) is 21.4. The molecule has 2 heteroatoms. The largest absolute Gasteiger partial charge is 0.256 e. The van der Waals surface area contributed by atoms with Gasteiger partial charge >= 0.3 is 0 Å². The van der Waals surface area contributed by atoms with Gasteiger partial charge in [-0.15, -0.1) is 6.58 Å². The molecule has 1 atom stereocenters. The molecule has 2 aromatic rings. The summed E-state index contributed by atoms with van der Waals surface area (Å²) < 4.78 is 0. The van der Waals surface area contributed by atoms with Crippen molar-refractivity contribution in [1.82, 2.24) is 4.98 Å². The van der Waals surface area contributed by atoms with Crippen molar-refractivity contribution in [3.8, 4) is 17.2 Å². The average Bonchev–Trinajstić information content (AvgIpc) is 3.13. The number of nitriles is 1. The third-order valence-corrected chi connectivity index (χ3v) is 6.56. The first-order valence-corrected chi connectivity index (χ1v) is 11.8. The molecule has 0 bridgehead atoms. The molecule has 3 rings (SSSR count). The molecule has 1 aromatic heterocycles. The number of pyridine rings is 1. The monoisotopic (exact) mass is 400 g/mol. The van der Waals surface area contributed by atoms with Crippen molar-refractivity contribution in [2.45, 2.75) is 89.9 Å². The van der Waals surface area contributed by atoms with Crippen LogP contribution in [0.25, 0.3) is 11.1 Å². The van der Waals surface area contributed by atoms with Crippen LogP contribution in [0.5, 0.6) is 0 Å². The van der Waals surface area contributed by atoms with Gasteiger partial charge in [-0.25, -0.2) is 0 Å². The predicted octanol–water partition coefficient (Wildman–Crippen LogP) is 7.50. The van der Waals surface area contributed by atoms with E-state index in [1.807, 2.05) is 6.08 Å². The van der Waals surface area contributed by atoms with Gasteiger partial charge in [-0.2, -0.15) is 5.26 Å². The summed E-state index contributed by atoms with van der Waals surface area (Å²) in [7, 11) is 0. The van der Waals surface area contributed by atoms with Gasteiger partial charge in [0.1, 0.15) is 5.41 Å². The number of aryl methyl sites for hydroxylation is 1. The van der Waals surface area contributed by atoms with E-state index in [0.29, 0.717) is 6.42 Å². The van der Waals surface area contributed by atoms with Crippen LogP contribution < -0.4 is 0 Å². The first-order valence-electron chi connectivity index (χ1n) is 11.8. The molecular weight excluding hydrogens is 364 g/mol. The topological polar surface area (TPSA) is 36.7 Å². The normalized spacial score (nSPS) is 17.5. The average molecular weight is 401 g/mol. The second kappa shape index (κ2) is 10.6. The zero-order valence-electron chi connectivity index (χ0n) is 18.8. The molecule has 1 heterocycles. The number of hydrogen-bond donors (Lipinski definition) is 0. The van der Waals surface area contributed by atoms with Crippen LogP contribution in [-0.4, -0.2) is 4.98 Å². The second-order valence-electron chi connectivity index (χ2n) is 8.71. The van der Waals surface area contributed by atoms with Crippen LogP contribution in [0, 0.1) is 11.3 Å². The lowest BCUT2D eigenvalue weighted by atomic mass is 9.81. The summed E-state index contributed by atoms with van der Waals surface area (Å²) in [6, 6.07) is 13.5. The van der Waals surface area contributed by atoms with E-state index in [2.05, 4.69) is 56.8 Å². The summed E-state index contributed by atoms with van der Waals surface area (Å²) >= 11 is 0. The predicted molar refractivity (Wildman–Crippen MR) is 127 cm³/mol. The molecule has 0 saturated carbocycles. The highest BCUT2D eigenvalue weighted by Gasteiger charge is 2.42. The van der Waals surface area contributed by atoms with E-state index in [1.54, 1.807) is 0 Å². The maximum absolute atomic E-state index is 10.2. The summed E-state index contributed by atoms with van der Waals surface area (Å²) in [5.41, 5.74) is 7.18. The highest BCUT2D eigenvalue weighted by molar-refractivity contribution is 5.74. The lowest BCUT2D eigenvalue weighted by Crippen LogP contribution is -2.22. The Labute approximate surface area is 183 Å². The molecule has 1 aromatic carbocycles. The van der Waals surface area contributed by atoms with Gasteiger partial charge in [-0.05, 0) is 67.2 Å². The Kier molecular flexibility index (Phi) is 7.86. The van der Waals surface area contributed by atoms with Crippen LogP contribution in [0.3, 0.4) is 0 Å².